The van der Waals surface area contributed by atoms with Crippen LogP contribution >= 0.6 is 0 Å². The Morgan fingerprint density at radius 2 is 1.65 bits per heavy atom. The standard InChI is InChI=1S/C30H36N6O/c1-29(2,3)36-28-33-26(17-27(37)35(28)19-30(36,4)5)24-18-32-25-11-8-21(16-23(24)25)20-6-9-22(10-7-20)34-14-12-31-13-15-34/h6-11,16-18,31-32H,12-15,19H2,1-5H3. The van der Waals surface area contributed by atoms with Crippen LogP contribution in [-0.4, -0.2) is 51.8 Å². The van der Waals surface area contributed by atoms with Gasteiger partial charge in [0.2, 0.25) is 5.95 Å². The van der Waals surface area contributed by atoms with Gasteiger partial charge in [-0.3, -0.25) is 9.36 Å². The van der Waals surface area contributed by atoms with Crippen molar-refractivity contribution in [1.82, 2.24) is 19.9 Å². The van der Waals surface area contributed by atoms with Gasteiger partial charge in [0.05, 0.1) is 17.8 Å². The third kappa shape index (κ3) is 4.11. The first-order valence-corrected chi connectivity index (χ1v) is 13.2. The zero-order valence-corrected chi connectivity index (χ0v) is 22.4. The van der Waals surface area contributed by atoms with Crippen LogP contribution < -0.4 is 20.7 Å². The summed E-state index contributed by atoms with van der Waals surface area (Å²) in [6.45, 7) is 15.6. The fraction of sp³-hybridized carbons (Fsp3) is 0.400. The van der Waals surface area contributed by atoms with E-state index in [0.29, 0.717) is 12.2 Å². The number of aromatic nitrogens is 3. The lowest BCUT2D eigenvalue weighted by molar-refractivity contribution is 0.363. The molecule has 0 bridgehead atoms. The summed E-state index contributed by atoms with van der Waals surface area (Å²) in [6, 6.07) is 17.0. The number of anilines is 2. The first-order chi connectivity index (χ1) is 17.6. The molecule has 4 heterocycles. The van der Waals surface area contributed by atoms with Crippen molar-refractivity contribution >= 4 is 22.5 Å². The molecule has 7 heteroatoms. The smallest absolute Gasteiger partial charge is 0.255 e. The molecule has 1 fully saturated rings. The molecule has 1 saturated heterocycles. The van der Waals surface area contributed by atoms with Crippen molar-refractivity contribution in [2.45, 2.75) is 52.2 Å². The molecule has 0 aliphatic carbocycles. The van der Waals surface area contributed by atoms with E-state index in [1.54, 1.807) is 6.07 Å². The Labute approximate surface area is 218 Å². The molecule has 192 valence electrons. The van der Waals surface area contributed by atoms with E-state index in [0.717, 1.165) is 54.2 Å². The van der Waals surface area contributed by atoms with Crippen LogP contribution in [0, 0.1) is 0 Å². The highest BCUT2D eigenvalue weighted by Gasteiger charge is 2.43. The number of aromatic amines is 1. The predicted octanol–water partition coefficient (Wildman–Crippen LogP) is 4.87. The maximum atomic E-state index is 13.3. The third-order valence-electron chi connectivity index (χ3n) is 7.65. The molecule has 37 heavy (non-hydrogen) atoms. The summed E-state index contributed by atoms with van der Waals surface area (Å²) < 4.78 is 1.81. The first-order valence-electron chi connectivity index (χ1n) is 13.2. The average Bonchev–Trinajstić information content (AvgIpc) is 3.41. The van der Waals surface area contributed by atoms with Crippen LogP contribution in [-0.2, 0) is 6.54 Å². The third-order valence-corrected chi connectivity index (χ3v) is 7.65. The second-order valence-electron chi connectivity index (χ2n) is 11.9. The molecule has 0 atom stereocenters. The predicted molar refractivity (Wildman–Crippen MR) is 153 cm³/mol. The fourth-order valence-electron chi connectivity index (χ4n) is 6.19. The van der Waals surface area contributed by atoms with E-state index in [-0.39, 0.29) is 16.6 Å². The minimum atomic E-state index is -0.194. The van der Waals surface area contributed by atoms with Gasteiger partial charge in [-0.25, -0.2) is 4.98 Å². The van der Waals surface area contributed by atoms with Gasteiger partial charge in [-0.05, 0) is 70.0 Å². The minimum Gasteiger partial charge on any atom is -0.369 e. The van der Waals surface area contributed by atoms with Crippen LogP contribution in [0.3, 0.4) is 0 Å². The second-order valence-corrected chi connectivity index (χ2v) is 11.9. The molecule has 0 unspecified atom stereocenters. The van der Waals surface area contributed by atoms with Gasteiger partial charge in [0.15, 0.2) is 0 Å². The molecule has 0 amide bonds. The molecule has 0 spiro atoms. The Morgan fingerprint density at radius 3 is 2.35 bits per heavy atom. The van der Waals surface area contributed by atoms with Gasteiger partial charge in [-0.15, -0.1) is 0 Å². The lowest BCUT2D eigenvalue weighted by Gasteiger charge is -2.42. The Hall–Kier alpha value is -3.58. The summed E-state index contributed by atoms with van der Waals surface area (Å²) >= 11 is 0. The quantitative estimate of drug-likeness (QED) is 0.424. The number of H-pyrrole nitrogens is 1. The number of piperazine rings is 1. The molecular formula is C30H36N6O. The number of rotatable bonds is 3. The number of hydrogen-bond donors (Lipinski definition) is 2. The molecule has 2 aliphatic heterocycles. The van der Waals surface area contributed by atoms with Crippen molar-refractivity contribution in [3.63, 3.8) is 0 Å². The minimum absolute atomic E-state index is 0.00571. The highest BCUT2D eigenvalue weighted by molar-refractivity contribution is 5.97. The van der Waals surface area contributed by atoms with E-state index in [4.69, 9.17) is 4.98 Å². The number of hydrogen-bond acceptors (Lipinski definition) is 5. The number of nitrogens with zero attached hydrogens (tertiary/aromatic N) is 4. The summed E-state index contributed by atoms with van der Waals surface area (Å²) in [5, 5.41) is 4.48. The molecule has 0 radical (unpaired) electrons. The summed E-state index contributed by atoms with van der Waals surface area (Å²) in [4.78, 5) is 26.4. The Bertz CT molecular complexity index is 1520. The molecule has 4 aromatic rings. The van der Waals surface area contributed by atoms with Crippen LogP contribution in [0.2, 0.25) is 0 Å². The summed E-state index contributed by atoms with van der Waals surface area (Å²) in [5.74, 6) is 0.744. The Kier molecular flexibility index (Phi) is 5.46. The zero-order valence-electron chi connectivity index (χ0n) is 22.4. The van der Waals surface area contributed by atoms with Crippen molar-refractivity contribution in [3.8, 4) is 22.4 Å². The largest absolute Gasteiger partial charge is 0.369 e. The van der Waals surface area contributed by atoms with E-state index in [1.165, 1.54) is 11.3 Å². The maximum Gasteiger partial charge on any atom is 0.255 e. The SMILES string of the molecule is CC(C)(C)N1c2nc(-c3c[nH]c4ccc(-c5ccc(N6CCNCC6)cc5)cc34)cc(=O)n2CC1(C)C. The van der Waals surface area contributed by atoms with Gasteiger partial charge in [-0.1, -0.05) is 18.2 Å². The first kappa shape index (κ1) is 23.8. The molecule has 2 aromatic heterocycles. The molecule has 0 saturated carbocycles. The number of fused-ring (bicyclic) bond motifs is 2. The zero-order chi connectivity index (χ0) is 25.9. The highest BCUT2D eigenvalue weighted by Crippen LogP contribution is 2.39. The van der Waals surface area contributed by atoms with Crippen molar-refractivity contribution in [1.29, 1.82) is 0 Å². The fourth-order valence-corrected chi connectivity index (χ4v) is 6.19. The molecular weight excluding hydrogens is 460 g/mol. The highest BCUT2D eigenvalue weighted by atomic mass is 16.1. The molecule has 2 aromatic carbocycles. The molecule has 6 rings (SSSR count). The van der Waals surface area contributed by atoms with Gasteiger partial charge < -0.3 is 20.1 Å². The topological polar surface area (TPSA) is 69.2 Å². The number of benzene rings is 2. The lowest BCUT2D eigenvalue weighted by atomic mass is 9.97. The molecule has 7 nitrogen and oxygen atoms in total. The molecule has 2 N–H and O–H groups in total. The van der Waals surface area contributed by atoms with Crippen LogP contribution in [0.25, 0.3) is 33.3 Å². The molecule has 2 aliphatic rings. The van der Waals surface area contributed by atoms with Crippen molar-refractivity contribution < 1.29 is 0 Å². The van der Waals surface area contributed by atoms with Gasteiger partial charge in [0, 0.05) is 66.1 Å². The van der Waals surface area contributed by atoms with E-state index in [2.05, 4.69) is 97.2 Å². The Balaban J connectivity index is 1.39. The van der Waals surface area contributed by atoms with Crippen molar-refractivity contribution in [3.05, 3.63) is 65.1 Å². The van der Waals surface area contributed by atoms with Crippen LogP contribution in [0.5, 0.6) is 0 Å². The Morgan fingerprint density at radius 1 is 0.946 bits per heavy atom. The van der Waals surface area contributed by atoms with Crippen molar-refractivity contribution in [2.75, 3.05) is 36.0 Å². The normalized spacial score (nSPS) is 17.4. The van der Waals surface area contributed by atoms with E-state index < -0.39 is 0 Å². The van der Waals surface area contributed by atoms with Crippen LogP contribution in [0.1, 0.15) is 34.6 Å². The summed E-state index contributed by atoms with van der Waals surface area (Å²) in [7, 11) is 0. The van der Waals surface area contributed by atoms with E-state index in [1.807, 2.05) is 10.8 Å². The van der Waals surface area contributed by atoms with Crippen LogP contribution in [0.4, 0.5) is 11.6 Å². The monoisotopic (exact) mass is 496 g/mol. The van der Waals surface area contributed by atoms with E-state index >= 15 is 0 Å². The van der Waals surface area contributed by atoms with Crippen molar-refractivity contribution in [2.24, 2.45) is 0 Å². The summed E-state index contributed by atoms with van der Waals surface area (Å²) in [5.41, 5.74) is 5.92. The maximum absolute atomic E-state index is 13.3. The van der Waals surface area contributed by atoms with Gasteiger partial charge in [-0.2, -0.15) is 0 Å². The van der Waals surface area contributed by atoms with Gasteiger partial charge >= 0.3 is 0 Å². The second kappa shape index (κ2) is 8.48. The van der Waals surface area contributed by atoms with Crippen LogP contribution in [0.15, 0.2) is 59.5 Å². The average molecular weight is 497 g/mol. The number of nitrogens with one attached hydrogen (secondary N) is 2. The van der Waals surface area contributed by atoms with E-state index in [9.17, 15) is 4.79 Å². The van der Waals surface area contributed by atoms with Gasteiger partial charge in [0.25, 0.3) is 5.56 Å². The summed E-state index contributed by atoms with van der Waals surface area (Å²) in [6.07, 6.45) is 1.97. The van der Waals surface area contributed by atoms with Gasteiger partial charge in [0.1, 0.15) is 0 Å². The lowest BCUT2D eigenvalue weighted by Crippen LogP contribution is -2.52.